The van der Waals surface area contributed by atoms with Gasteiger partial charge in [-0.15, -0.1) is 0 Å². The highest BCUT2D eigenvalue weighted by atomic mass is 16.5. The van der Waals surface area contributed by atoms with Crippen molar-refractivity contribution in [3.05, 3.63) is 0 Å². The highest BCUT2D eigenvalue weighted by Crippen LogP contribution is 2.29. The van der Waals surface area contributed by atoms with Crippen molar-refractivity contribution in [1.29, 1.82) is 0 Å². The van der Waals surface area contributed by atoms with Gasteiger partial charge in [0.25, 0.3) is 0 Å². The molecule has 1 aliphatic heterocycles. The van der Waals surface area contributed by atoms with Crippen LogP contribution in [0.25, 0.3) is 0 Å². The minimum Gasteiger partial charge on any atom is -0.378 e. The van der Waals surface area contributed by atoms with Crippen molar-refractivity contribution in [2.45, 2.75) is 24.9 Å². The predicted octanol–water partition coefficient (Wildman–Crippen LogP) is 0.318. The van der Waals surface area contributed by atoms with Crippen molar-refractivity contribution in [1.82, 2.24) is 5.32 Å². The summed E-state index contributed by atoms with van der Waals surface area (Å²) in [7, 11) is 1.68. The average Bonchev–Trinajstić information content (AvgIpc) is 2.95. The molecule has 1 amide bonds. The molecule has 80 valence electrons. The van der Waals surface area contributed by atoms with Gasteiger partial charge in [0.2, 0.25) is 5.91 Å². The lowest BCUT2D eigenvalue weighted by molar-refractivity contribution is -0.124. The Bertz CT molecular complexity index is 219. The highest BCUT2D eigenvalue weighted by molar-refractivity contribution is 5.80. The van der Waals surface area contributed by atoms with Crippen molar-refractivity contribution >= 4 is 5.91 Å². The van der Waals surface area contributed by atoms with E-state index in [1.165, 1.54) is 0 Å². The van der Waals surface area contributed by atoms with Gasteiger partial charge in [-0.3, -0.25) is 4.79 Å². The summed E-state index contributed by atoms with van der Waals surface area (Å²) in [5, 5.41) is 2.93. The summed E-state index contributed by atoms with van der Waals surface area (Å²) in [4.78, 5) is 11.4. The number of nitrogens with one attached hydrogen (secondary N) is 1. The minimum atomic E-state index is -0.273. The maximum Gasteiger partial charge on any atom is 0.223 e. The van der Waals surface area contributed by atoms with Crippen LogP contribution in [0.5, 0.6) is 0 Å². The maximum absolute atomic E-state index is 11.4. The summed E-state index contributed by atoms with van der Waals surface area (Å²) in [6.07, 6.45) is 2.96. The number of amides is 1. The SMILES string of the molecule is COC1(CNC(=O)C2CC2)CCOC1. The number of carbonyl (C=O) groups excluding carboxylic acids is 1. The van der Waals surface area contributed by atoms with E-state index in [0.717, 1.165) is 25.9 Å². The van der Waals surface area contributed by atoms with Gasteiger partial charge in [-0.25, -0.2) is 0 Å². The van der Waals surface area contributed by atoms with Crippen LogP contribution in [0.3, 0.4) is 0 Å². The van der Waals surface area contributed by atoms with Crippen molar-refractivity contribution in [3.63, 3.8) is 0 Å². The topological polar surface area (TPSA) is 47.6 Å². The van der Waals surface area contributed by atoms with Crippen LogP contribution < -0.4 is 5.32 Å². The number of ether oxygens (including phenoxy) is 2. The van der Waals surface area contributed by atoms with Crippen LogP contribution in [0.4, 0.5) is 0 Å². The fourth-order valence-corrected chi connectivity index (χ4v) is 1.70. The van der Waals surface area contributed by atoms with Crippen molar-refractivity contribution in [2.75, 3.05) is 26.9 Å². The lowest BCUT2D eigenvalue weighted by Crippen LogP contribution is -2.45. The average molecular weight is 199 g/mol. The predicted molar refractivity (Wildman–Crippen MR) is 50.9 cm³/mol. The van der Waals surface area contributed by atoms with Crippen LogP contribution in [0, 0.1) is 5.92 Å². The van der Waals surface area contributed by atoms with Crippen LogP contribution in [-0.4, -0.2) is 38.4 Å². The molecule has 1 heterocycles. The largest absolute Gasteiger partial charge is 0.378 e. The fraction of sp³-hybridized carbons (Fsp3) is 0.900. The number of rotatable bonds is 4. The van der Waals surface area contributed by atoms with Gasteiger partial charge in [0.1, 0.15) is 5.60 Å². The number of methoxy groups -OCH3 is 1. The zero-order valence-electron chi connectivity index (χ0n) is 8.54. The second-order valence-electron chi connectivity index (χ2n) is 4.18. The van der Waals surface area contributed by atoms with Crippen molar-refractivity contribution < 1.29 is 14.3 Å². The Labute approximate surface area is 84.0 Å². The summed E-state index contributed by atoms with van der Waals surface area (Å²) < 4.78 is 10.7. The summed E-state index contributed by atoms with van der Waals surface area (Å²) >= 11 is 0. The molecule has 4 heteroatoms. The van der Waals surface area contributed by atoms with E-state index in [1.807, 2.05) is 0 Å². The van der Waals surface area contributed by atoms with Gasteiger partial charge < -0.3 is 14.8 Å². The Kier molecular flexibility index (Phi) is 2.74. The van der Waals surface area contributed by atoms with Gasteiger partial charge in [-0.1, -0.05) is 0 Å². The number of carbonyl (C=O) groups is 1. The zero-order valence-corrected chi connectivity index (χ0v) is 8.54. The molecule has 1 N–H and O–H groups in total. The molecule has 1 atom stereocenters. The highest BCUT2D eigenvalue weighted by Gasteiger charge is 2.37. The second-order valence-corrected chi connectivity index (χ2v) is 4.18. The van der Waals surface area contributed by atoms with Gasteiger partial charge in [-0.05, 0) is 12.8 Å². The summed E-state index contributed by atoms with van der Waals surface area (Å²) in [6, 6.07) is 0. The molecule has 2 rings (SSSR count). The van der Waals surface area contributed by atoms with Gasteiger partial charge >= 0.3 is 0 Å². The molecule has 2 fully saturated rings. The van der Waals surface area contributed by atoms with E-state index in [9.17, 15) is 4.79 Å². The Morgan fingerprint density at radius 3 is 2.93 bits per heavy atom. The molecule has 4 nitrogen and oxygen atoms in total. The second kappa shape index (κ2) is 3.87. The third-order valence-corrected chi connectivity index (χ3v) is 3.03. The molecule has 14 heavy (non-hydrogen) atoms. The Balaban J connectivity index is 1.79. The molecule has 1 saturated heterocycles. The third-order valence-electron chi connectivity index (χ3n) is 3.03. The number of hydrogen-bond acceptors (Lipinski definition) is 3. The molecule has 1 unspecified atom stereocenters. The normalized spacial score (nSPS) is 31.8. The van der Waals surface area contributed by atoms with Crippen molar-refractivity contribution in [3.8, 4) is 0 Å². The van der Waals surface area contributed by atoms with E-state index in [2.05, 4.69) is 5.32 Å². The van der Waals surface area contributed by atoms with E-state index in [0.29, 0.717) is 13.2 Å². The Hall–Kier alpha value is -0.610. The van der Waals surface area contributed by atoms with Crippen LogP contribution in [0.2, 0.25) is 0 Å². The summed E-state index contributed by atoms with van der Waals surface area (Å²) in [5.74, 6) is 0.444. The zero-order chi connectivity index (χ0) is 10.0. The summed E-state index contributed by atoms with van der Waals surface area (Å²) in [5.41, 5.74) is -0.273. The van der Waals surface area contributed by atoms with E-state index in [1.54, 1.807) is 7.11 Å². The fourth-order valence-electron chi connectivity index (χ4n) is 1.70. The Morgan fingerprint density at radius 1 is 1.64 bits per heavy atom. The first-order valence-corrected chi connectivity index (χ1v) is 5.16. The molecule has 0 aromatic heterocycles. The van der Waals surface area contributed by atoms with E-state index < -0.39 is 0 Å². The maximum atomic E-state index is 11.4. The number of hydrogen-bond donors (Lipinski definition) is 1. The van der Waals surface area contributed by atoms with Crippen LogP contribution in [0.1, 0.15) is 19.3 Å². The third kappa shape index (κ3) is 2.07. The van der Waals surface area contributed by atoms with E-state index in [4.69, 9.17) is 9.47 Å². The first-order chi connectivity index (χ1) is 6.76. The van der Waals surface area contributed by atoms with E-state index >= 15 is 0 Å². The molecular formula is C10H17NO3. The van der Waals surface area contributed by atoms with Gasteiger partial charge in [0.15, 0.2) is 0 Å². The standard InChI is InChI=1S/C10H17NO3/c1-13-10(4-5-14-7-10)6-11-9(12)8-2-3-8/h8H,2-7H2,1H3,(H,11,12). The summed E-state index contributed by atoms with van der Waals surface area (Å²) in [6.45, 7) is 1.90. The Morgan fingerprint density at radius 2 is 2.43 bits per heavy atom. The molecule has 0 aromatic carbocycles. The van der Waals surface area contributed by atoms with Gasteiger partial charge in [0, 0.05) is 32.6 Å². The van der Waals surface area contributed by atoms with Crippen LogP contribution in [0.15, 0.2) is 0 Å². The van der Waals surface area contributed by atoms with Crippen molar-refractivity contribution in [2.24, 2.45) is 5.92 Å². The minimum absolute atomic E-state index is 0.174. The van der Waals surface area contributed by atoms with Crippen LogP contribution >= 0.6 is 0 Å². The van der Waals surface area contributed by atoms with E-state index in [-0.39, 0.29) is 17.4 Å². The molecule has 0 aromatic rings. The molecule has 1 saturated carbocycles. The quantitative estimate of drug-likeness (QED) is 0.709. The molecule has 0 radical (unpaired) electrons. The lowest BCUT2D eigenvalue weighted by Gasteiger charge is -2.25. The molecule has 1 aliphatic carbocycles. The van der Waals surface area contributed by atoms with Gasteiger partial charge in [-0.2, -0.15) is 0 Å². The van der Waals surface area contributed by atoms with Crippen LogP contribution in [-0.2, 0) is 14.3 Å². The molecule has 0 bridgehead atoms. The molecule has 0 spiro atoms. The van der Waals surface area contributed by atoms with Gasteiger partial charge in [0.05, 0.1) is 6.61 Å². The smallest absolute Gasteiger partial charge is 0.223 e. The molecule has 2 aliphatic rings. The first-order valence-electron chi connectivity index (χ1n) is 5.16. The monoisotopic (exact) mass is 199 g/mol. The first kappa shape index (κ1) is 9.93. The lowest BCUT2D eigenvalue weighted by atomic mass is 10.0. The molecular weight excluding hydrogens is 182 g/mol.